The van der Waals surface area contributed by atoms with Crippen molar-refractivity contribution in [2.24, 2.45) is 0 Å². The molecule has 0 spiro atoms. The van der Waals surface area contributed by atoms with E-state index < -0.39 is 22.8 Å². The Balaban J connectivity index is 0.961. The molecule has 0 N–H and O–H groups in total. The summed E-state index contributed by atoms with van der Waals surface area (Å²) in [5.41, 5.74) is 7.91. The molecule has 0 bridgehead atoms. The van der Waals surface area contributed by atoms with E-state index in [-0.39, 0.29) is 11.1 Å². The first kappa shape index (κ1) is 39.4. The van der Waals surface area contributed by atoms with Crippen molar-refractivity contribution < 1.29 is 19.1 Å². The minimum absolute atomic E-state index is 0.226. The normalized spacial score (nSPS) is 11.4. The molecule has 0 aliphatic rings. The lowest BCUT2D eigenvalue weighted by atomic mass is 9.65. The molecule has 298 valence electrons. The Morgan fingerprint density at radius 1 is 0.258 bits per heavy atom. The minimum Gasteiger partial charge on any atom is -0.423 e. The predicted octanol–water partition coefficient (Wildman–Crippen LogP) is 12.9. The molecule has 0 saturated carbocycles. The summed E-state index contributed by atoms with van der Waals surface area (Å²) < 4.78 is 11.8. The fraction of sp³-hybridized carbons (Fsp3) is 0.0345. The lowest BCUT2D eigenvalue weighted by Crippen LogP contribution is -2.30. The zero-order valence-electron chi connectivity index (χ0n) is 33.9. The van der Waals surface area contributed by atoms with Gasteiger partial charge in [-0.3, -0.25) is 0 Å². The molecule has 4 heteroatoms. The lowest BCUT2D eigenvalue weighted by Gasteiger charge is -2.36. The topological polar surface area (TPSA) is 52.6 Å². The maximum Gasteiger partial charge on any atom is 0.343 e. The first-order valence-corrected chi connectivity index (χ1v) is 20.7. The molecule has 0 fully saturated rings. The molecule has 0 amide bonds. The maximum absolute atomic E-state index is 13.6. The molecule has 0 radical (unpaired) electrons. The molecule has 0 aliphatic heterocycles. The Kier molecular flexibility index (Phi) is 11.2. The van der Waals surface area contributed by atoms with Crippen LogP contribution in [0.2, 0.25) is 0 Å². The van der Waals surface area contributed by atoms with Gasteiger partial charge in [-0.2, -0.15) is 0 Å². The largest absolute Gasteiger partial charge is 0.423 e. The fourth-order valence-corrected chi connectivity index (χ4v) is 8.78. The van der Waals surface area contributed by atoms with Gasteiger partial charge < -0.3 is 9.47 Å². The van der Waals surface area contributed by atoms with E-state index in [2.05, 4.69) is 146 Å². The van der Waals surface area contributed by atoms with Crippen LogP contribution in [0.15, 0.2) is 255 Å². The molecule has 0 heterocycles. The van der Waals surface area contributed by atoms with Gasteiger partial charge in [-0.05, 0) is 87.0 Å². The number of hydrogen-bond acceptors (Lipinski definition) is 4. The molecular formula is C58H42O4. The number of carbonyl (C=O) groups is 2. The molecular weight excluding hydrogens is 761 g/mol. The van der Waals surface area contributed by atoms with Gasteiger partial charge in [0.1, 0.15) is 11.5 Å². The second-order valence-corrected chi connectivity index (χ2v) is 15.1. The molecule has 9 aromatic rings. The van der Waals surface area contributed by atoms with E-state index in [1.807, 2.05) is 84.9 Å². The number of hydrogen-bond donors (Lipinski definition) is 0. The van der Waals surface area contributed by atoms with Crippen LogP contribution in [-0.2, 0) is 10.8 Å². The van der Waals surface area contributed by atoms with E-state index in [4.69, 9.17) is 9.47 Å². The highest BCUT2D eigenvalue weighted by Crippen LogP contribution is 2.47. The minimum atomic E-state index is -0.629. The zero-order chi connectivity index (χ0) is 42.2. The van der Waals surface area contributed by atoms with E-state index >= 15 is 0 Å². The van der Waals surface area contributed by atoms with Crippen LogP contribution in [0, 0.1) is 0 Å². The van der Waals surface area contributed by atoms with Gasteiger partial charge in [-0.25, -0.2) is 9.59 Å². The summed E-state index contributed by atoms with van der Waals surface area (Å²) in [5.74, 6) is -0.410. The molecule has 0 unspecified atom stereocenters. The van der Waals surface area contributed by atoms with Gasteiger partial charge in [0.05, 0.1) is 22.0 Å². The molecule has 9 aromatic carbocycles. The molecule has 4 nitrogen and oxygen atoms in total. The third kappa shape index (κ3) is 7.51. The van der Waals surface area contributed by atoms with Crippen LogP contribution in [0.3, 0.4) is 0 Å². The summed E-state index contributed by atoms with van der Waals surface area (Å²) in [6.45, 7) is 0. The molecule has 9 rings (SSSR count). The smallest absolute Gasteiger partial charge is 0.343 e. The number of carbonyl (C=O) groups excluding carboxylic acids is 2. The number of esters is 2. The van der Waals surface area contributed by atoms with Crippen LogP contribution in [-0.4, -0.2) is 11.9 Å². The van der Waals surface area contributed by atoms with Gasteiger partial charge in [0.2, 0.25) is 0 Å². The summed E-state index contributed by atoms with van der Waals surface area (Å²) >= 11 is 0. The SMILES string of the molecule is O=C(Oc1ccc(C(c2ccccc2)(c2ccccc2)c2ccccc2)cc1)c1cccc(C(=O)Oc2ccc(C(c3ccccc3)(c3ccccc3)c3ccccc3)cc2)c1. The lowest BCUT2D eigenvalue weighted by molar-refractivity contribution is 0.0734. The predicted molar refractivity (Wildman–Crippen MR) is 246 cm³/mol. The van der Waals surface area contributed by atoms with E-state index in [1.165, 1.54) is 6.07 Å². The van der Waals surface area contributed by atoms with Crippen molar-refractivity contribution in [1.82, 2.24) is 0 Å². The van der Waals surface area contributed by atoms with Crippen molar-refractivity contribution in [3.05, 3.63) is 310 Å². The van der Waals surface area contributed by atoms with E-state index in [0.29, 0.717) is 11.5 Å². The molecule has 0 aromatic heterocycles. The van der Waals surface area contributed by atoms with E-state index in [9.17, 15) is 9.59 Å². The monoisotopic (exact) mass is 802 g/mol. The van der Waals surface area contributed by atoms with Crippen LogP contribution in [0.1, 0.15) is 65.2 Å². The van der Waals surface area contributed by atoms with Crippen molar-refractivity contribution in [3.63, 3.8) is 0 Å². The van der Waals surface area contributed by atoms with Crippen molar-refractivity contribution in [3.8, 4) is 11.5 Å². The van der Waals surface area contributed by atoms with Crippen LogP contribution in [0.25, 0.3) is 0 Å². The van der Waals surface area contributed by atoms with Crippen LogP contribution >= 0.6 is 0 Å². The van der Waals surface area contributed by atoms with Crippen LogP contribution in [0.5, 0.6) is 11.5 Å². The first-order valence-electron chi connectivity index (χ1n) is 20.7. The highest BCUT2D eigenvalue weighted by atomic mass is 16.5. The standard InChI is InChI=1S/C58H42O4/c59-55(61-53-38-34-51(35-39-53)57(45-22-7-1-8-23-45,46-24-9-2-10-25-46)47-26-11-3-12-27-47)43-20-19-21-44(42-43)56(60)62-54-40-36-52(37-41-54)58(48-28-13-4-14-29-48,49-30-15-5-16-31-49)50-32-17-6-18-33-50/h1-42H. The van der Waals surface area contributed by atoms with Gasteiger partial charge in [0, 0.05) is 0 Å². The van der Waals surface area contributed by atoms with Crippen LogP contribution < -0.4 is 9.47 Å². The third-order valence-electron chi connectivity index (χ3n) is 11.6. The van der Waals surface area contributed by atoms with Crippen LogP contribution in [0.4, 0.5) is 0 Å². The average molecular weight is 803 g/mol. The number of benzene rings is 9. The first-order chi connectivity index (χ1) is 30.6. The summed E-state index contributed by atoms with van der Waals surface area (Å²) in [6.07, 6.45) is 0. The van der Waals surface area contributed by atoms with Crippen molar-refractivity contribution in [1.29, 1.82) is 0 Å². The Bertz CT molecular complexity index is 2490. The summed E-state index contributed by atoms with van der Waals surface area (Å²) in [6, 6.07) is 84.3. The molecule has 0 saturated heterocycles. The summed E-state index contributed by atoms with van der Waals surface area (Å²) in [5, 5.41) is 0. The summed E-state index contributed by atoms with van der Waals surface area (Å²) in [7, 11) is 0. The van der Waals surface area contributed by atoms with Crippen molar-refractivity contribution >= 4 is 11.9 Å². The molecule has 0 aliphatic carbocycles. The van der Waals surface area contributed by atoms with Gasteiger partial charge in [0.15, 0.2) is 0 Å². The third-order valence-corrected chi connectivity index (χ3v) is 11.6. The highest BCUT2D eigenvalue weighted by Gasteiger charge is 2.39. The van der Waals surface area contributed by atoms with E-state index in [0.717, 1.165) is 44.5 Å². The number of ether oxygens (including phenoxy) is 2. The highest BCUT2D eigenvalue weighted by molar-refractivity contribution is 5.96. The Morgan fingerprint density at radius 2 is 0.484 bits per heavy atom. The summed E-state index contributed by atoms with van der Waals surface area (Å²) in [4.78, 5) is 27.2. The van der Waals surface area contributed by atoms with Crippen molar-refractivity contribution in [2.75, 3.05) is 0 Å². The quantitative estimate of drug-likeness (QED) is 0.0701. The fourth-order valence-electron chi connectivity index (χ4n) is 8.78. The Labute approximate surface area is 362 Å². The second-order valence-electron chi connectivity index (χ2n) is 15.1. The van der Waals surface area contributed by atoms with E-state index in [1.54, 1.807) is 18.2 Å². The molecule has 0 atom stereocenters. The molecule has 62 heavy (non-hydrogen) atoms. The zero-order valence-corrected chi connectivity index (χ0v) is 33.9. The van der Waals surface area contributed by atoms with Gasteiger partial charge in [-0.1, -0.05) is 212 Å². The van der Waals surface area contributed by atoms with Gasteiger partial charge >= 0.3 is 11.9 Å². The Hall–Kier alpha value is -8.08. The van der Waals surface area contributed by atoms with Gasteiger partial charge in [-0.15, -0.1) is 0 Å². The Morgan fingerprint density at radius 3 is 0.726 bits per heavy atom. The van der Waals surface area contributed by atoms with Crippen molar-refractivity contribution in [2.45, 2.75) is 10.8 Å². The number of rotatable bonds is 12. The van der Waals surface area contributed by atoms with Gasteiger partial charge in [0.25, 0.3) is 0 Å². The maximum atomic E-state index is 13.6. The second kappa shape index (κ2) is 17.6. The average Bonchev–Trinajstić information content (AvgIpc) is 3.35.